The molecule has 3 rings (SSSR count). The molecule has 37 heavy (non-hydrogen) atoms. The summed E-state index contributed by atoms with van der Waals surface area (Å²) < 4.78 is 126. The molecule has 2 aromatic rings. The monoisotopic (exact) mass is 542 g/mol. The van der Waals surface area contributed by atoms with Gasteiger partial charge in [-0.1, -0.05) is 6.92 Å². The molecule has 2 N–H and O–H groups in total. The molecule has 0 aromatic heterocycles. The van der Waals surface area contributed by atoms with Crippen molar-refractivity contribution in [1.29, 1.82) is 0 Å². The van der Waals surface area contributed by atoms with Crippen molar-refractivity contribution in [2.75, 3.05) is 11.5 Å². The summed E-state index contributed by atoms with van der Waals surface area (Å²) >= 11 is 0. The standard InChI is InChI=1S/C24H23F9N2O2/c1-3-16-11-18(20(34)12-7-14(23(28,29)30)9-15(8-12)24(31,32)33)17-10-13(22(25,26)27)5-6-19(17)35(16)21(36)37-4-2/h5-10,16,18,20H,3-4,11,34H2,1-2H3/t16-,18?,20?/m1/s1. The van der Waals surface area contributed by atoms with Gasteiger partial charge < -0.3 is 10.5 Å². The first-order chi connectivity index (χ1) is 17.0. The molecule has 0 spiro atoms. The van der Waals surface area contributed by atoms with Crippen LogP contribution in [0.5, 0.6) is 0 Å². The van der Waals surface area contributed by atoms with Crippen molar-refractivity contribution in [3.05, 3.63) is 64.2 Å². The van der Waals surface area contributed by atoms with Crippen molar-refractivity contribution in [1.82, 2.24) is 0 Å². The number of hydrogen-bond donors (Lipinski definition) is 1. The summed E-state index contributed by atoms with van der Waals surface area (Å²) in [5.74, 6) is -1.14. The van der Waals surface area contributed by atoms with Crippen LogP contribution in [0.15, 0.2) is 36.4 Å². The van der Waals surface area contributed by atoms with Crippen LogP contribution in [0, 0.1) is 0 Å². The highest BCUT2D eigenvalue weighted by atomic mass is 19.4. The minimum atomic E-state index is -5.13. The number of carbonyl (C=O) groups is 1. The number of alkyl halides is 9. The van der Waals surface area contributed by atoms with E-state index in [2.05, 4.69) is 0 Å². The highest BCUT2D eigenvalue weighted by Crippen LogP contribution is 2.48. The zero-order valence-corrected chi connectivity index (χ0v) is 19.6. The Balaban J connectivity index is 2.22. The van der Waals surface area contributed by atoms with E-state index in [1.54, 1.807) is 6.92 Å². The third kappa shape index (κ3) is 5.97. The van der Waals surface area contributed by atoms with E-state index in [4.69, 9.17) is 10.5 Å². The zero-order chi connectivity index (χ0) is 27.9. The Labute approximate surface area is 206 Å². The number of rotatable bonds is 4. The van der Waals surface area contributed by atoms with E-state index < -0.39 is 64.9 Å². The topological polar surface area (TPSA) is 55.6 Å². The van der Waals surface area contributed by atoms with Crippen LogP contribution < -0.4 is 10.6 Å². The summed E-state index contributed by atoms with van der Waals surface area (Å²) in [4.78, 5) is 13.8. The Morgan fingerprint density at radius 3 is 1.92 bits per heavy atom. The number of halogens is 9. The van der Waals surface area contributed by atoms with Gasteiger partial charge in [-0.2, -0.15) is 39.5 Å². The highest BCUT2D eigenvalue weighted by molar-refractivity contribution is 5.90. The number of fused-ring (bicyclic) bond motifs is 1. The Bertz CT molecular complexity index is 1110. The largest absolute Gasteiger partial charge is 0.449 e. The lowest BCUT2D eigenvalue weighted by atomic mass is 9.77. The summed E-state index contributed by atoms with van der Waals surface area (Å²) in [5, 5.41) is 0. The lowest BCUT2D eigenvalue weighted by Gasteiger charge is -2.42. The molecule has 1 aliphatic rings. The molecule has 3 atom stereocenters. The summed E-state index contributed by atoms with van der Waals surface area (Å²) in [6.07, 6.45) is -15.8. The number of anilines is 1. The second-order valence-corrected chi connectivity index (χ2v) is 8.61. The van der Waals surface area contributed by atoms with E-state index in [1.165, 1.54) is 6.92 Å². The molecule has 204 valence electrons. The van der Waals surface area contributed by atoms with Crippen molar-refractivity contribution in [2.24, 2.45) is 5.73 Å². The molecule has 2 aromatic carbocycles. The predicted molar refractivity (Wildman–Crippen MR) is 116 cm³/mol. The van der Waals surface area contributed by atoms with Gasteiger partial charge in [0, 0.05) is 18.0 Å². The average molecular weight is 542 g/mol. The van der Waals surface area contributed by atoms with Crippen LogP contribution in [-0.2, 0) is 23.3 Å². The molecular weight excluding hydrogens is 519 g/mol. The van der Waals surface area contributed by atoms with E-state index in [9.17, 15) is 44.3 Å². The third-order valence-electron chi connectivity index (χ3n) is 6.27. The Morgan fingerprint density at radius 2 is 1.46 bits per heavy atom. The van der Waals surface area contributed by atoms with Gasteiger partial charge in [-0.05, 0) is 67.3 Å². The second kappa shape index (κ2) is 10.1. The number of ether oxygens (including phenoxy) is 1. The number of benzene rings is 2. The molecule has 1 heterocycles. The van der Waals surface area contributed by atoms with Gasteiger partial charge >= 0.3 is 24.6 Å². The van der Waals surface area contributed by atoms with Crippen LogP contribution in [0.25, 0.3) is 0 Å². The predicted octanol–water partition coefficient (Wildman–Crippen LogP) is 7.67. The maximum atomic E-state index is 13.5. The van der Waals surface area contributed by atoms with Gasteiger partial charge in [0.05, 0.1) is 29.0 Å². The fourth-order valence-corrected chi connectivity index (χ4v) is 4.50. The van der Waals surface area contributed by atoms with Gasteiger partial charge in [0.15, 0.2) is 0 Å². The summed E-state index contributed by atoms with van der Waals surface area (Å²) in [5.41, 5.74) is 1.24. The zero-order valence-electron chi connectivity index (χ0n) is 19.6. The van der Waals surface area contributed by atoms with Crippen molar-refractivity contribution in [3.8, 4) is 0 Å². The first-order valence-electron chi connectivity index (χ1n) is 11.2. The quantitative estimate of drug-likeness (QED) is 0.404. The fourth-order valence-electron chi connectivity index (χ4n) is 4.50. The van der Waals surface area contributed by atoms with Crippen molar-refractivity contribution in [3.63, 3.8) is 0 Å². The molecule has 0 radical (unpaired) electrons. The van der Waals surface area contributed by atoms with Crippen molar-refractivity contribution < 1.29 is 49.0 Å². The van der Waals surface area contributed by atoms with Crippen LogP contribution >= 0.6 is 0 Å². The van der Waals surface area contributed by atoms with Crippen LogP contribution in [0.2, 0.25) is 0 Å². The normalized spacial score (nSPS) is 19.4. The van der Waals surface area contributed by atoms with Gasteiger partial charge in [-0.25, -0.2) is 4.79 Å². The average Bonchev–Trinajstić information content (AvgIpc) is 2.80. The molecule has 0 saturated heterocycles. The van der Waals surface area contributed by atoms with Crippen LogP contribution in [0.4, 0.5) is 50.0 Å². The minimum Gasteiger partial charge on any atom is -0.449 e. The lowest BCUT2D eigenvalue weighted by Crippen LogP contribution is -2.46. The maximum Gasteiger partial charge on any atom is 0.416 e. The molecule has 0 saturated carbocycles. The van der Waals surface area contributed by atoms with Gasteiger partial charge in [0.25, 0.3) is 0 Å². The van der Waals surface area contributed by atoms with E-state index in [1.807, 2.05) is 0 Å². The fraction of sp³-hybridized carbons (Fsp3) is 0.458. The molecule has 0 aliphatic carbocycles. The number of nitrogens with two attached hydrogens (primary N) is 1. The van der Waals surface area contributed by atoms with Crippen LogP contribution in [-0.4, -0.2) is 18.7 Å². The molecule has 2 unspecified atom stereocenters. The lowest BCUT2D eigenvalue weighted by molar-refractivity contribution is -0.143. The van der Waals surface area contributed by atoms with Gasteiger partial charge in [0.1, 0.15) is 0 Å². The van der Waals surface area contributed by atoms with E-state index in [0.29, 0.717) is 12.1 Å². The summed E-state index contributed by atoms with van der Waals surface area (Å²) in [6, 6.07) is 1.12. The number of hydrogen-bond acceptors (Lipinski definition) is 3. The van der Waals surface area contributed by atoms with Crippen LogP contribution in [0.3, 0.4) is 0 Å². The van der Waals surface area contributed by atoms with Gasteiger partial charge in [-0.15, -0.1) is 0 Å². The highest BCUT2D eigenvalue weighted by Gasteiger charge is 2.43. The number of amides is 1. The second-order valence-electron chi connectivity index (χ2n) is 8.61. The molecule has 1 aliphatic heterocycles. The van der Waals surface area contributed by atoms with Gasteiger partial charge in [-0.3, -0.25) is 4.90 Å². The maximum absolute atomic E-state index is 13.5. The van der Waals surface area contributed by atoms with E-state index in [0.717, 1.165) is 23.1 Å². The first kappa shape index (κ1) is 28.6. The van der Waals surface area contributed by atoms with Crippen molar-refractivity contribution >= 4 is 11.8 Å². The van der Waals surface area contributed by atoms with Crippen LogP contribution in [0.1, 0.15) is 66.5 Å². The Morgan fingerprint density at radius 1 is 0.919 bits per heavy atom. The first-order valence-corrected chi connectivity index (χ1v) is 11.2. The number of carbonyl (C=O) groups excluding carboxylic acids is 1. The molecule has 0 bridgehead atoms. The van der Waals surface area contributed by atoms with Crippen molar-refractivity contribution in [2.45, 2.75) is 63.2 Å². The minimum absolute atomic E-state index is 0.00646. The molecule has 1 amide bonds. The molecule has 0 fully saturated rings. The third-order valence-corrected chi connectivity index (χ3v) is 6.27. The van der Waals surface area contributed by atoms with Gasteiger partial charge in [0.2, 0.25) is 0 Å². The van der Waals surface area contributed by atoms with E-state index >= 15 is 0 Å². The summed E-state index contributed by atoms with van der Waals surface area (Å²) in [6.45, 7) is 3.16. The molecular formula is C24H23F9N2O2. The van der Waals surface area contributed by atoms with E-state index in [-0.39, 0.29) is 36.8 Å². The molecule has 13 heteroatoms. The number of nitrogens with zero attached hydrogens (tertiary/aromatic N) is 1. The SMILES string of the molecule is CCOC(=O)N1c2ccc(C(F)(F)F)cc2C(C(N)c2cc(C(F)(F)F)cc(C(F)(F)F)c2)C[C@H]1CC. The Kier molecular flexibility index (Phi) is 7.79. The molecule has 4 nitrogen and oxygen atoms in total. The Hall–Kier alpha value is -2.96. The summed E-state index contributed by atoms with van der Waals surface area (Å²) in [7, 11) is 0. The smallest absolute Gasteiger partial charge is 0.416 e.